The van der Waals surface area contributed by atoms with E-state index >= 15 is 0 Å². The van der Waals surface area contributed by atoms with Gasteiger partial charge in [-0.2, -0.15) is 0 Å². The lowest BCUT2D eigenvalue weighted by molar-refractivity contribution is -0.119. The molecule has 134 valence electrons. The molecule has 2 amide bonds. The summed E-state index contributed by atoms with van der Waals surface area (Å²) in [4.78, 5) is 30.9. The molecule has 8 nitrogen and oxygen atoms in total. The van der Waals surface area contributed by atoms with E-state index in [1.165, 1.54) is 0 Å². The molecule has 2 aliphatic heterocycles. The van der Waals surface area contributed by atoms with Gasteiger partial charge in [-0.15, -0.1) is 0 Å². The highest BCUT2D eigenvalue weighted by atomic mass is 16.7. The minimum atomic E-state index is -0.120. The van der Waals surface area contributed by atoms with Crippen LogP contribution in [0.25, 0.3) is 0 Å². The van der Waals surface area contributed by atoms with Gasteiger partial charge in [0.25, 0.3) is 5.91 Å². The first-order valence-corrected chi connectivity index (χ1v) is 8.34. The summed E-state index contributed by atoms with van der Waals surface area (Å²) < 4.78 is 10.6. The fourth-order valence-corrected chi connectivity index (χ4v) is 2.93. The Bertz CT molecular complexity index is 816. The van der Waals surface area contributed by atoms with Crippen LogP contribution < -0.4 is 14.8 Å². The molecule has 1 N–H and O–H groups in total. The highest BCUT2D eigenvalue weighted by Gasteiger charge is 2.22. The van der Waals surface area contributed by atoms with Crippen molar-refractivity contribution in [2.75, 3.05) is 38.3 Å². The molecule has 1 aromatic heterocycles. The van der Waals surface area contributed by atoms with Crippen molar-refractivity contribution >= 4 is 23.7 Å². The van der Waals surface area contributed by atoms with Gasteiger partial charge < -0.3 is 24.6 Å². The van der Waals surface area contributed by atoms with Crippen LogP contribution in [0.4, 0.5) is 11.4 Å². The van der Waals surface area contributed by atoms with Gasteiger partial charge in [0.15, 0.2) is 11.5 Å². The van der Waals surface area contributed by atoms with Crippen LogP contribution in [-0.4, -0.2) is 60.1 Å². The fraction of sp³-hybridized carbons (Fsp3) is 0.278. The van der Waals surface area contributed by atoms with Crippen LogP contribution >= 0.6 is 0 Å². The third-order valence-corrected chi connectivity index (χ3v) is 4.39. The van der Waals surface area contributed by atoms with Crippen molar-refractivity contribution in [1.82, 2.24) is 14.8 Å². The predicted octanol–water partition coefficient (Wildman–Crippen LogP) is 1.47. The summed E-state index contributed by atoms with van der Waals surface area (Å²) in [5.74, 6) is 1.30. The number of nitrogens with zero attached hydrogens (tertiary/aromatic N) is 3. The standard InChI is InChI=1S/C18H18N4O4/c23-11-21-5-7-22(8-6-21)18(24)15-3-1-14(10-19-15)20-13-2-4-16-17(9-13)26-12-25-16/h1-4,9-11,20H,5-8,12H2. The number of carbonyl (C=O) groups is 2. The number of amides is 2. The summed E-state index contributed by atoms with van der Waals surface area (Å²) in [5.41, 5.74) is 2.01. The van der Waals surface area contributed by atoms with Gasteiger partial charge in [-0.1, -0.05) is 0 Å². The van der Waals surface area contributed by atoms with Gasteiger partial charge in [0.05, 0.1) is 11.9 Å². The smallest absolute Gasteiger partial charge is 0.272 e. The molecule has 0 radical (unpaired) electrons. The molecule has 1 saturated heterocycles. The van der Waals surface area contributed by atoms with Gasteiger partial charge in [0, 0.05) is 37.9 Å². The van der Waals surface area contributed by atoms with E-state index in [2.05, 4.69) is 10.3 Å². The summed E-state index contributed by atoms with van der Waals surface area (Å²) in [7, 11) is 0. The van der Waals surface area contributed by atoms with E-state index < -0.39 is 0 Å². The maximum absolute atomic E-state index is 12.5. The van der Waals surface area contributed by atoms with Gasteiger partial charge in [0.2, 0.25) is 13.2 Å². The van der Waals surface area contributed by atoms with Crippen LogP contribution in [0.1, 0.15) is 10.5 Å². The minimum absolute atomic E-state index is 0.120. The van der Waals surface area contributed by atoms with Crippen molar-refractivity contribution < 1.29 is 19.1 Å². The van der Waals surface area contributed by atoms with Crippen LogP contribution in [0.15, 0.2) is 36.5 Å². The van der Waals surface area contributed by atoms with Crippen LogP contribution in [-0.2, 0) is 4.79 Å². The Hall–Kier alpha value is -3.29. The lowest BCUT2D eigenvalue weighted by atomic mass is 10.2. The number of ether oxygens (including phenoxy) is 2. The monoisotopic (exact) mass is 354 g/mol. The first-order chi connectivity index (χ1) is 12.7. The zero-order valence-electron chi connectivity index (χ0n) is 14.1. The number of hydrogen-bond acceptors (Lipinski definition) is 6. The van der Waals surface area contributed by atoms with E-state index in [1.54, 1.807) is 22.1 Å². The Kier molecular flexibility index (Phi) is 4.30. The van der Waals surface area contributed by atoms with E-state index in [4.69, 9.17) is 9.47 Å². The molecule has 0 bridgehead atoms. The van der Waals surface area contributed by atoms with Gasteiger partial charge in [-0.05, 0) is 24.3 Å². The highest BCUT2D eigenvalue weighted by molar-refractivity contribution is 5.92. The average Bonchev–Trinajstić information content (AvgIpc) is 3.16. The van der Waals surface area contributed by atoms with Crippen molar-refractivity contribution in [1.29, 1.82) is 0 Å². The fourth-order valence-electron chi connectivity index (χ4n) is 2.93. The molecule has 3 heterocycles. The molecule has 26 heavy (non-hydrogen) atoms. The van der Waals surface area contributed by atoms with Crippen molar-refractivity contribution in [3.63, 3.8) is 0 Å². The number of nitrogens with one attached hydrogen (secondary N) is 1. The maximum atomic E-state index is 12.5. The summed E-state index contributed by atoms with van der Waals surface area (Å²) in [6.45, 7) is 2.39. The highest BCUT2D eigenvalue weighted by Crippen LogP contribution is 2.35. The quantitative estimate of drug-likeness (QED) is 0.837. The van der Waals surface area contributed by atoms with Crippen LogP contribution in [0, 0.1) is 0 Å². The van der Waals surface area contributed by atoms with Gasteiger partial charge >= 0.3 is 0 Å². The summed E-state index contributed by atoms with van der Waals surface area (Å²) in [6, 6.07) is 9.10. The van der Waals surface area contributed by atoms with Gasteiger partial charge in [0.1, 0.15) is 5.69 Å². The molecule has 0 atom stereocenters. The molecular formula is C18H18N4O4. The number of fused-ring (bicyclic) bond motifs is 1. The Morgan fingerprint density at radius 1 is 1.04 bits per heavy atom. The SMILES string of the molecule is O=CN1CCN(C(=O)c2ccc(Nc3ccc4c(c3)OCO4)cn2)CC1. The topological polar surface area (TPSA) is 84.0 Å². The lowest BCUT2D eigenvalue weighted by Gasteiger charge is -2.32. The lowest BCUT2D eigenvalue weighted by Crippen LogP contribution is -2.48. The third-order valence-electron chi connectivity index (χ3n) is 4.39. The van der Waals surface area contributed by atoms with Crippen molar-refractivity contribution in [3.05, 3.63) is 42.2 Å². The summed E-state index contributed by atoms with van der Waals surface area (Å²) >= 11 is 0. The summed E-state index contributed by atoms with van der Waals surface area (Å²) in [6.07, 6.45) is 2.44. The number of anilines is 2. The van der Waals surface area contributed by atoms with Crippen LogP contribution in [0.2, 0.25) is 0 Å². The molecule has 2 aromatic rings. The van der Waals surface area contributed by atoms with Crippen LogP contribution in [0.3, 0.4) is 0 Å². The van der Waals surface area contributed by atoms with Gasteiger partial charge in [-0.25, -0.2) is 4.98 Å². The minimum Gasteiger partial charge on any atom is -0.454 e. The Morgan fingerprint density at radius 2 is 1.81 bits per heavy atom. The van der Waals surface area contributed by atoms with Crippen LogP contribution in [0.5, 0.6) is 11.5 Å². The molecule has 2 aliphatic rings. The van der Waals surface area contributed by atoms with E-state index in [0.29, 0.717) is 37.6 Å². The van der Waals surface area contributed by atoms with E-state index in [0.717, 1.165) is 23.5 Å². The maximum Gasteiger partial charge on any atom is 0.272 e. The zero-order chi connectivity index (χ0) is 17.9. The molecular weight excluding hydrogens is 336 g/mol. The molecule has 4 rings (SSSR count). The molecule has 0 unspecified atom stereocenters. The van der Waals surface area contributed by atoms with Gasteiger partial charge in [-0.3, -0.25) is 9.59 Å². The second kappa shape index (κ2) is 6.91. The molecule has 0 saturated carbocycles. The number of pyridine rings is 1. The van der Waals surface area contributed by atoms with E-state index in [9.17, 15) is 9.59 Å². The predicted molar refractivity (Wildman–Crippen MR) is 93.6 cm³/mol. The molecule has 0 aliphatic carbocycles. The second-order valence-electron chi connectivity index (χ2n) is 6.06. The number of rotatable bonds is 4. The number of benzene rings is 1. The number of carbonyl (C=O) groups excluding carboxylic acids is 2. The molecule has 1 fully saturated rings. The van der Waals surface area contributed by atoms with Crippen molar-refractivity contribution in [3.8, 4) is 11.5 Å². The Labute approximate surface area is 150 Å². The first-order valence-electron chi connectivity index (χ1n) is 8.34. The van der Waals surface area contributed by atoms with Crippen molar-refractivity contribution in [2.45, 2.75) is 0 Å². The largest absolute Gasteiger partial charge is 0.454 e. The summed E-state index contributed by atoms with van der Waals surface area (Å²) in [5, 5.41) is 3.22. The van der Waals surface area contributed by atoms with Crippen molar-refractivity contribution in [2.24, 2.45) is 0 Å². The molecule has 0 spiro atoms. The van der Waals surface area contributed by atoms with E-state index in [1.807, 2.05) is 24.3 Å². The zero-order valence-corrected chi connectivity index (χ0v) is 14.1. The number of aromatic nitrogens is 1. The average molecular weight is 354 g/mol. The van der Waals surface area contributed by atoms with E-state index in [-0.39, 0.29) is 12.7 Å². The third kappa shape index (κ3) is 3.26. The first kappa shape index (κ1) is 16.2. The molecule has 8 heteroatoms. The second-order valence-corrected chi connectivity index (χ2v) is 6.06. The Balaban J connectivity index is 1.40. The number of piperazine rings is 1. The Morgan fingerprint density at radius 3 is 2.54 bits per heavy atom. The normalized spacial score (nSPS) is 15.7. The molecule has 1 aromatic carbocycles. The number of hydrogen-bond donors (Lipinski definition) is 1.